The number of rotatable bonds is 8. The number of aromatic amines is 1. The molecule has 3 aromatic heterocycles. The summed E-state index contributed by atoms with van der Waals surface area (Å²) in [6.45, 7) is 1.16. The fourth-order valence-corrected chi connectivity index (χ4v) is 3.30. The zero-order chi connectivity index (χ0) is 20.9. The zero-order valence-corrected chi connectivity index (χ0v) is 16.8. The summed E-state index contributed by atoms with van der Waals surface area (Å²) in [5.41, 5.74) is 3.80. The van der Waals surface area contributed by atoms with E-state index in [-0.39, 0.29) is 0 Å². The molecule has 0 radical (unpaired) electrons. The minimum absolute atomic E-state index is 0.369. The van der Waals surface area contributed by atoms with E-state index in [1.807, 2.05) is 65.6 Å². The molecule has 2 aromatic carbocycles. The third-order valence-corrected chi connectivity index (χ3v) is 4.92. The number of benzene rings is 2. The fraction of sp³-hybridized carbons (Fsp3) is 0.130. The van der Waals surface area contributed by atoms with Gasteiger partial charge in [0.15, 0.2) is 0 Å². The normalized spacial score (nSPS) is 11.0. The molecule has 0 aliphatic rings. The van der Waals surface area contributed by atoms with Crippen LogP contribution in [0.25, 0.3) is 11.0 Å². The van der Waals surface area contributed by atoms with Crippen LogP contribution in [-0.4, -0.2) is 29.9 Å². The van der Waals surface area contributed by atoms with Gasteiger partial charge >= 0.3 is 0 Å². The fourth-order valence-electron chi connectivity index (χ4n) is 3.30. The van der Waals surface area contributed by atoms with Crippen LogP contribution in [-0.2, 0) is 19.6 Å². The van der Waals surface area contributed by atoms with Crippen molar-refractivity contribution in [1.29, 1.82) is 0 Å². The average Bonchev–Trinajstić information content (AvgIpc) is 3.48. The van der Waals surface area contributed by atoms with Crippen LogP contribution in [0.5, 0.6) is 5.75 Å². The topological polar surface area (TPSA) is 93.5 Å². The Kier molecular flexibility index (Phi) is 5.25. The van der Waals surface area contributed by atoms with E-state index in [9.17, 15) is 0 Å². The van der Waals surface area contributed by atoms with E-state index >= 15 is 0 Å². The molecule has 154 valence electrons. The van der Waals surface area contributed by atoms with Crippen molar-refractivity contribution >= 4 is 22.5 Å². The predicted molar refractivity (Wildman–Crippen MR) is 118 cm³/mol. The summed E-state index contributed by atoms with van der Waals surface area (Å²) >= 11 is 0. The highest BCUT2D eigenvalue weighted by atomic mass is 16.5. The molecule has 0 unspecified atom stereocenters. The number of nitrogens with one attached hydrogen (secondary N) is 2. The zero-order valence-electron chi connectivity index (χ0n) is 16.8. The second-order valence-corrected chi connectivity index (χ2v) is 7.11. The van der Waals surface area contributed by atoms with Crippen molar-refractivity contribution in [3.05, 3.63) is 90.6 Å². The quantitative estimate of drug-likeness (QED) is 0.399. The number of aryl methyl sites for hydroxylation is 2. The van der Waals surface area contributed by atoms with E-state index < -0.39 is 0 Å². The van der Waals surface area contributed by atoms with E-state index in [1.165, 1.54) is 11.9 Å². The molecule has 8 nitrogen and oxygen atoms in total. The number of hydrogen-bond acceptors (Lipinski definition) is 6. The molecule has 0 saturated carbocycles. The maximum absolute atomic E-state index is 5.86. The molecule has 0 fully saturated rings. The molecule has 8 heteroatoms. The number of fused-ring (bicyclic) bond motifs is 1. The average molecular weight is 411 g/mol. The lowest BCUT2D eigenvalue weighted by Gasteiger charge is -2.08. The molecule has 0 bridgehead atoms. The Bertz CT molecular complexity index is 1260. The van der Waals surface area contributed by atoms with Crippen LogP contribution in [0.2, 0.25) is 0 Å². The number of anilines is 2. The molecule has 0 atom stereocenters. The van der Waals surface area contributed by atoms with Gasteiger partial charge in [0.05, 0.1) is 11.6 Å². The second-order valence-electron chi connectivity index (χ2n) is 7.11. The number of ether oxygens (including phenoxy) is 1. The SMILES string of the molecule is c1ccc(CCn2cc(COc3ccc(Nc4ncnc5[nH]ccc45)cc3)nn2)cc1. The highest BCUT2D eigenvalue weighted by Crippen LogP contribution is 2.24. The molecule has 2 N–H and O–H groups in total. The maximum Gasteiger partial charge on any atom is 0.143 e. The lowest BCUT2D eigenvalue weighted by Crippen LogP contribution is -2.02. The van der Waals surface area contributed by atoms with Crippen LogP contribution in [0, 0.1) is 0 Å². The molecule has 0 aliphatic heterocycles. The van der Waals surface area contributed by atoms with Gasteiger partial charge in [-0.3, -0.25) is 4.68 Å². The summed E-state index contributed by atoms with van der Waals surface area (Å²) in [4.78, 5) is 11.6. The van der Waals surface area contributed by atoms with Gasteiger partial charge in [-0.15, -0.1) is 5.10 Å². The molecule has 3 heterocycles. The third-order valence-electron chi connectivity index (χ3n) is 4.92. The van der Waals surface area contributed by atoms with Gasteiger partial charge in [-0.05, 0) is 42.3 Å². The largest absolute Gasteiger partial charge is 0.487 e. The monoisotopic (exact) mass is 411 g/mol. The molecule has 0 saturated heterocycles. The smallest absolute Gasteiger partial charge is 0.143 e. The van der Waals surface area contributed by atoms with Gasteiger partial charge in [-0.25, -0.2) is 9.97 Å². The molecule has 5 rings (SSSR count). The summed E-state index contributed by atoms with van der Waals surface area (Å²) in [6, 6.07) is 20.0. The molecule has 0 aliphatic carbocycles. The Labute approximate surface area is 178 Å². The first-order valence-electron chi connectivity index (χ1n) is 10.0. The predicted octanol–water partition coefficient (Wildman–Crippen LogP) is 4.11. The van der Waals surface area contributed by atoms with Crippen molar-refractivity contribution in [2.45, 2.75) is 19.6 Å². The Hall–Kier alpha value is -4.20. The van der Waals surface area contributed by atoms with Crippen LogP contribution in [0.4, 0.5) is 11.5 Å². The minimum atomic E-state index is 0.369. The van der Waals surface area contributed by atoms with Gasteiger partial charge in [0.1, 0.15) is 35.8 Å². The summed E-state index contributed by atoms with van der Waals surface area (Å²) in [5.74, 6) is 1.52. The standard InChI is InChI=1S/C23H21N7O/c1-2-4-17(5-3-1)11-13-30-14-19(28-29-30)15-31-20-8-6-18(7-9-20)27-23-21-10-12-24-22(21)25-16-26-23/h1-10,12,14,16H,11,13,15H2,(H2,24,25,26,27). The van der Waals surface area contributed by atoms with E-state index in [0.29, 0.717) is 6.61 Å². The highest BCUT2D eigenvalue weighted by Gasteiger charge is 2.06. The number of nitrogens with zero attached hydrogens (tertiary/aromatic N) is 5. The minimum Gasteiger partial charge on any atom is -0.487 e. The highest BCUT2D eigenvalue weighted by molar-refractivity contribution is 5.88. The van der Waals surface area contributed by atoms with Crippen molar-refractivity contribution in [2.24, 2.45) is 0 Å². The second kappa shape index (κ2) is 8.66. The molecule has 0 spiro atoms. The molecule has 5 aromatic rings. The van der Waals surface area contributed by atoms with Gasteiger partial charge in [-0.1, -0.05) is 35.5 Å². The summed E-state index contributed by atoms with van der Waals surface area (Å²) in [7, 11) is 0. The van der Waals surface area contributed by atoms with Gasteiger partial charge in [-0.2, -0.15) is 0 Å². The van der Waals surface area contributed by atoms with Crippen molar-refractivity contribution in [3.63, 3.8) is 0 Å². The van der Waals surface area contributed by atoms with Crippen LogP contribution >= 0.6 is 0 Å². The van der Waals surface area contributed by atoms with E-state index in [1.54, 1.807) is 0 Å². The summed E-state index contributed by atoms with van der Waals surface area (Å²) < 4.78 is 7.71. The number of H-pyrrole nitrogens is 1. The molecule has 0 amide bonds. The number of hydrogen-bond donors (Lipinski definition) is 2. The first kappa shape index (κ1) is 18.8. The molecular formula is C23H21N7O. The molecular weight excluding hydrogens is 390 g/mol. The van der Waals surface area contributed by atoms with Crippen LogP contribution < -0.4 is 10.1 Å². The molecule has 31 heavy (non-hydrogen) atoms. The van der Waals surface area contributed by atoms with Crippen LogP contribution in [0.1, 0.15) is 11.3 Å². The Morgan fingerprint density at radius 2 is 1.84 bits per heavy atom. The van der Waals surface area contributed by atoms with Gasteiger partial charge < -0.3 is 15.0 Å². The van der Waals surface area contributed by atoms with Crippen LogP contribution in [0.3, 0.4) is 0 Å². The maximum atomic E-state index is 5.86. The lowest BCUT2D eigenvalue weighted by molar-refractivity contribution is 0.301. The number of aromatic nitrogens is 6. The van der Waals surface area contributed by atoms with E-state index in [2.05, 4.69) is 42.7 Å². The lowest BCUT2D eigenvalue weighted by atomic mass is 10.1. The van der Waals surface area contributed by atoms with Gasteiger partial charge in [0.25, 0.3) is 0 Å². The van der Waals surface area contributed by atoms with E-state index in [4.69, 9.17) is 4.74 Å². The summed E-state index contributed by atoms with van der Waals surface area (Å²) in [5, 5.41) is 12.6. The van der Waals surface area contributed by atoms with E-state index in [0.717, 1.165) is 46.9 Å². The summed E-state index contributed by atoms with van der Waals surface area (Å²) in [6.07, 6.45) is 6.22. The third kappa shape index (κ3) is 4.53. The Morgan fingerprint density at radius 3 is 2.71 bits per heavy atom. The van der Waals surface area contributed by atoms with Gasteiger partial charge in [0.2, 0.25) is 0 Å². The van der Waals surface area contributed by atoms with Crippen molar-refractivity contribution < 1.29 is 4.74 Å². The first-order valence-corrected chi connectivity index (χ1v) is 10.0. The Balaban J connectivity index is 1.15. The van der Waals surface area contributed by atoms with Crippen molar-refractivity contribution in [3.8, 4) is 5.75 Å². The first-order chi connectivity index (χ1) is 15.3. The van der Waals surface area contributed by atoms with Gasteiger partial charge in [0, 0.05) is 18.4 Å². The van der Waals surface area contributed by atoms with Crippen molar-refractivity contribution in [2.75, 3.05) is 5.32 Å². The van der Waals surface area contributed by atoms with Crippen molar-refractivity contribution in [1.82, 2.24) is 29.9 Å². The Morgan fingerprint density at radius 1 is 0.968 bits per heavy atom. The van der Waals surface area contributed by atoms with Crippen LogP contribution in [0.15, 0.2) is 79.4 Å².